The Morgan fingerprint density at radius 1 is 1.47 bits per heavy atom. The first-order valence-electron chi connectivity index (χ1n) is 6.29. The summed E-state index contributed by atoms with van der Waals surface area (Å²) in [5.41, 5.74) is 6.66. The van der Waals surface area contributed by atoms with Crippen LogP contribution < -0.4 is 16.0 Å². The molecule has 0 radical (unpaired) electrons. The molecule has 6 heteroatoms. The van der Waals surface area contributed by atoms with E-state index in [1.807, 2.05) is 50.3 Å². The second kappa shape index (κ2) is 5.71. The number of aryl methyl sites for hydroxylation is 1. The number of hydrogen-bond donors (Lipinski definition) is 3. The number of nitrogens with one attached hydrogen (secondary N) is 2. The molecule has 1 unspecified atom stereocenters. The highest BCUT2D eigenvalue weighted by molar-refractivity contribution is 5.61. The molecule has 4 N–H and O–H groups in total. The van der Waals surface area contributed by atoms with Crippen molar-refractivity contribution in [3.63, 3.8) is 0 Å². The monoisotopic (exact) mass is 260 g/mol. The quantitative estimate of drug-likeness (QED) is 0.761. The van der Waals surface area contributed by atoms with Gasteiger partial charge in [0, 0.05) is 38.1 Å². The molecular weight excluding hydrogens is 240 g/mol. The lowest BCUT2D eigenvalue weighted by Gasteiger charge is -2.19. The minimum Gasteiger partial charge on any atom is -0.366 e. The van der Waals surface area contributed by atoms with E-state index in [4.69, 9.17) is 5.73 Å². The number of anilines is 3. The summed E-state index contributed by atoms with van der Waals surface area (Å²) >= 11 is 0. The molecule has 2 aromatic rings. The maximum atomic E-state index is 5.61. The van der Waals surface area contributed by atoms with Crippen LogP contribution >= 0.6 is 0 Å². The van der Waals surface area contributed by atoms with Gasteiger partial charge in [-0.3, -0.25) is 0 Å². The molecule has 0 amide bonds. The lowest BCUT2D eigenvalue weighted by molar-refractivity contribution is 0.795. The van der Waals surface area contributed by atoms with Crippen LogP contribution in [-0.2, 0) is 0 Å². The third-order valence-electron chi connectivity index (χ3n) is 2.88. The first-order valence-corrected chi connectivity index (χ1v) is 6.29. The molecule has 0 aliphatic heterocycles. The maximum Gasteiger partial charge on any atom is 0.138 e. The average molecular weight is 260 g/mol. The maximum absolute atomic E-state index is 5.61. The highest BCUT2D eigenvalue weighted by atomic mass is 15.2. The van der Waals surface area contributed by atoms with Gasteiger partial charge in [-0.1, -0.05) is 0 Å². The average Bonchev–Trinajstić information content (AvgIpc) is 2.90. The summed E-state index contributed by atoms with van der Waals surface area (Å²) < 4.78 is 0. The van der Waals surface area contributed by atoms with E-state index in [2.05, 4.69) is 20.3 Å². The van der Waals surface area contributed by atoms with Gasteiger partial charge in [0.05, 0.1) is 5.69 Å². The fourth-order valence-corrected chi connectivity index (χ4v) is 1.77. The Labute approximate surface area is 113 Å². The molecule has 1 atom stereocenters. The van der Waals surface area contributed by atoms with Crippen molar-refractivity contribution in [3.8, 4) is 0 Å². The molecule has 2 rings (SSSR count). The van der Waals surface area contributed by atoms with E-state index in [9.17, 15) is 0 Å². The normalized spacial score (nSPS) is 12.2. The Bertz CT molecular complexity index is 522. The topological polar surface area (TPSA) is 82.9 Å². The second-order valence-electron chi connectivity index (χ2n) is 4.57. The van der Waals surface area contributed by atoms with E-state index in [0.717, 1.165) is 23.1 Å². The second-order valence-corrected chi connectivity index (χ2v) is 4.57. The molecule has 2 heterocycles. The number of aromatic amines is 1. The summed E-state index contributed by atoms with van der Waals surface area (Å²) in [6.45, 7) is 4.46. The fourth-order valence-electron chi connectivity index (χ4n) is 1.77. The summed E-state index contributed by atoms with van der Waals surface area (Å²) in [6, 6.07) is 4.10. The molecule has 102 valence electrons. The minimum atomic E-state index is 0.180. The fraction of sp³-hybridized carbons (Fsp3) is 0.385. The van der Waals surface area contributed by atoms with Gasteiger partial charge < -0.3 is 20.9 Å². The number of hydrogen-bond acceptors (Lipinski definition) is 5. The third kappa shape index (κ3) is 3.23. The summed E-state index contributed by atoms with van der Waals surface area (Å²) in [7, 11) is 1.97. The van der Waals surface area contributed by atoms with Crippen LogP contribution in [0.1, 0.15) is 12.7 Å². The zero-order chi connectivity index (χ0) is 13.8. The van der Waals surface area contributed by atoms with Crippen molar-refractivity contribution in [1.29, 1.82) is 0 Å². The molecule has 0 aromatic carbocycles. The highest BCUT2D eigenvalue weighted by Crippen LogP contribution is 2.23. The van der Waals surface area contributed by atoms with E-state index in [0.29, 0.717) is 6.54 Å². The van der Waals surface area contributed by atoms with Gasteiger partial charge in [0.15, 0.2) is 0 Å². The van der Waals surface area contributed by atoms with E-state index >= 15 is 0 Å². The number of H-pyrrole nitrogens is 1. The first-order chi connectivity index (χ1) is 9.10. The molecular formula is C13H20N6. The standard InChI is InChI=1S/C13H20N6/c1-9(7-14)16-12-6-13(18-10(2)17-12)19(3)11-4-5-15-8-11/h4-6,8-9,15H,7,14H2,1-3H3,(H,16,17,18). The smallest absolute Gasteiger partial charge is 0.138 e. The van der Waals surface area contributed by atoms with Crippen LogP contribution in [0.15, 0.2) is 24.5 Å². The predicted octanol–water partition coefficient (Wildman–Crippen LogP) is 1.64. The molecule has 0 saturated heterocycles. The lowest BCUT2D eigenvalue weighted by Crippen LogP contribution is -2.26. The highest BCUT2D eigenvalue weighted by Gasteiger charge is 2.10. The molecule has 0 fully saturated rings. The van der Waals surface area contributed by atoms with Gasteiger partial charge in [0.2, 0.25) is 0 Å². The molecule has 19 heavy (non-hydrogen) atoms. The Morgan fingerprint density at radius 2 is 2.26 bits per heavy atom. The Hall–Kier alpha value is -2.08. The van der Waals surface area contributed by atoms with Gasteiger partial charge in [-0.25, -0.2) is 9.97 Å². The van der Waals surface area contributed by atoms with Crippen molar-refractivity contribution < 1.29 is 0 Å². The van der Waals surface area contributed by atoms with E-state index in [1.165, 1.54) is 0 Å². The van der Waals surface area contributed by atoms with Crippen LogP contribution in [0.2, 0.25) is 0 Å². The van der Waals surface area contributed by atoms with E-state index in [1.54, 1.807) is 0 Å². The Morgan fingerprint density at radius 3 is 2.89 bits per heavy atom. The van der Waals surface area contributed by atoms with Crippen molar-refractivity contribution in [3.05, 3.63) is 30.4 Å². The predicted molar refractivity (Wildman–Crippen MR) is 77.8 cm³/mol. The van der Waals surface area contributed by atoms with Gasteiger partial charge in [-0.05, 0) is 19.9 Å². The molecule has 0 bridgehead atoms. The molecule has 0 spiro atoms. The van der Waals surface area contributed by atoms with Gasteiger partial charge >= 0.3 is 0 Å². The van der Waals surface area contributed by atoms with Gasteiger partial charge in [-0.15, -0.1) is 0 Å². The Balaban J connectivity index is 2.26. The van der Waals surface area contributed by atoms with Crippen molar-refractivity contribution >= 4 is 17.3 Å². The van der Waals surface area contributed by atoms with Crippen molar-refractivity contribution in [1.82, 2.24) is 15.0 Å². The zero-order valence-electron chi connectivity index (χ0n) is 11.5. The van der Waals surface area contributed by atoms with Crippen LogP contribution in [0.3, 0.4) is 0 Å². The summed E-state index contributed by atoms with van der Waals surface area (Å²) in [5.74, 6) is 2.37. The van der Waals surface area contributed by atoms with Crippen LogP contribution in [0.25, 0.3) is 0 Å². The van der Waals surface area contributed by atoms with Crippen molar-refractivity contribution in [2.75, 3.05) is 23.8 Å². The zero-order valence-corrected chi connectivity index (χ0v) is 11.5. The SMILES string of the molecule is Cc1nc(NC(C)CN)cc(N(C)c2cc[nH]c2)n1. The number of aromatic nitrogens is 3. The van der Waals surface area contributed by atoms with Crippen molar-refractivity contribution in [2.24, 2.45) is 5.73 Å². The van der Waals surface area contributed by atoms with Crippen LogP contribution in [0.5, 0.6) is 0 Å². The molecule has 2 aromatic heterocycles. The van der Waals surface area contributed by atoms with Crippen molar-refractivity contribution in [2.45, 2.75) is 19.9 Å². The summed E-state index contributed by atoms with van der Waals surface area (Å²) in [4.78, 5) is 13.9. The van der Waals surface area contributed by atoms with E-state index < -0.39 is 0 Å². The molecule has 0 aliphatic rings. The van der Waals surface area contributed by atoms with Crippen LogP contribution in [0.4, 0.5) is 17.3 Å². The minimum absolute atomic E-state index is 0.180. The summed E-state index contributed by atoms with van der Waals surface area (Å²) in [6.07, 6.45) is 3.81. The van der Waals surface area contributed by atoms with Gasteiger partial charge in [0.25, 0.3) is 0 Å². The first kappa shape index (κ1) is 13.4. The van der Waals surface area contributed by atoms with Gasteiger partial charge in [0.1, 0.15) is 17.5 Å². The third-order valence-corrected chi connectivity index (χ3v) is 2.88. The Kier molecular flexibility index (Phi) is 4.01. The van der Waals surface area contributed by atoms with Crippen LogP contribution in [0, 0.1) is 6.92 Å². The number of nitrogens with zero attached hydrogens (tertiary/aromatic N) is 3. The molecule has 0 saturated carbocycles. The summed E-state index contributed by atoms with van der Waals surface area (Å²) in [5, 5.41) is 3.26. The molecule has 0 aliphatic carbocycles. The van der Waals surface area contributed by atoms with Crippen LogP contribution in [-0.4, -0.2) is 34.6 Å². The lowest BCUT2D eigenvalue weighted by atomic mass is 10.3. The largest absolute Gasteiger partial charge is 0.366 e. The number of nitrogens with two attached hydrogens (primary N) is 1. The number of rotatable bonds is 5. The molecule has 6 nitrogen and oxygen atoms in total. The van der Waals surface area contributed by atoms with E-state index in [-0.39, 0.29) is 6.04 Å². The van der Waals surface area contributed by atoms with Gasteiger partial charge in [-0.2, -0.15) is 0 Å².